The highest BCUT2D eigenvalue weighted by molar-refractivity contribution is 5.89. The molecule has 0 unspecified atom stereocenters. The Balaban J connectivity index is 2.83. The molecule has 14 heavy (non-hydrogen) atoms. The number of ether oxygens (including phenoxy) is 1. The molecule has 2 amide bonds. The van der Waals surface area contributed by atoms with Gasteiger partial charge in [-0.3, -0.25) is 5.43 Å². The van der Waals surface area contributed by atoms with Gasteiger partial charge in [-0.15, -0.1) is 0 Å². The van der Waals surface area contributed by atoms with E-state index in [1.807, 2.05) is 18.4 Å². The number of hydrogen-bond donors (Lipinski definition) is 3. The summed E-state index contributed by atoms with van der Waals surface area (Å²) in [5.74, 6) is 5.69. The second-order valence-electron chi connectivity index (χ2n) is 2.78. The zero-order chi connectivity index (χ0) is 10.6. The lowest BCUT2D eigenvalue weighted by Crippen LogP contribution is -2.34. The first-order chi connectivity index (χ1) is 6.67. The number of benzene rings is 1. The Morgan fingerprint density at radius 1 is 1.50 bits per heavy atom. The van der Waals surface area contributed by atoms with Crippen molar-refractivity contribution in [3.8, 4) is 5.75 Å². The van der Waals surface area contributed by atoms with Crippen LogP contribution in [0, 0.1) is 6.92 Å². The lowest BCUT2D eigenvalue weighted by molar-refractivity contribution is 0.252. The largest absolute Gasteiger partial charge is 0.497 e. The molecule has 0 heterocycles. The van der Waals surface area contributed by atoms with Crippen molar-refractivity contribution in [2.45, 2.75) is 6.92 Å². The van der Waals surface area contributed by atoms with Crippen molar-refractivity contribution < 1.29 is 9.53 Å². The zero-order valence-electron chi connectivity index (χ0n) is 8.13. The lowest BCUT2D eigenvalue weighted by atomic mass is 10.2. The molecule has 0 aliphatic carbocycles. The molecule has 1 aromatic rings. The average molecular weight is 195 g/mol. The van der Waals surface area contributed by atoms with E-state index in [2.05, 4.69) is 5.32 Å². The minimum absolute atomic E-state index is 0.446. The van der Waals surface area contributed by atoms with Crippen molar-refractivity contribution in [2.75, 3.05) is 12.4 Å². The number of anilines is 1. The predicted octanol–water partition coefficient (Wildman–Crippen LogP) is 0.999. The molecule has 0 aliphatic heterocycles. The number of hydrazine groups is 1. The summed E-state index contributed by atoms with van der Waals surface area (Å²) in [5, 5.41) is 2.58. The summed E-state index contributed by atoms with van der Waals surface area (Å²) in [6.07, 6.45) is 0. The van der Waals surface area contributed by atoms with Crippen molar-refractivity contribution in [1.82, 2.24) is 5.43 Å². The van der Waals surface area contributed by atoms with Crippen molar-refractivity contribution in [1.29, 1.82) is 0 Å². The van der Waals surface area contributed by atoms with E-state index in [0.717, 1.165) is 11.3 Å². The smallest absolute Gasteiger partial charge is 0.333 e. The monoisotopic (exact) mass is 195 g/mol. The topological polar surface area (TPSA) is 76.4 Å². The van der Waals surface area contributed by atoms with Crippen molar-refractivity contribution in [2.24, 2.45) is 5.84 Å². The van der Waals surface area contributed by atoms with Crippen LogP contribution in [0.1, 0.15) is 5.56 Å². The Bertz CT molecular complexity index is 339. The minimum atomic E-state index is -0.446. The first-order valence-electron chi connectivity index (χ1n) is 4.09. The van der Waals surface area contributed by atoms with Gasteiger partial charge in [-0.2, -0.15) is 0 Å². The molecule has 1 aromatic carbocycles. The number of carbonyl (C=O) groups is 1. The third-order valence-electron chi connectivity index (χ3n) is 1.81. The van der Waals surface area contributed by atoms with Crippen LogP contribution < -0.4 is 21.3 Å². The van der Waals surface area contributed by atoms with Gasteiger partial charge in [-0.1, -0.05) is 0 Å². The van der Waals surface area contributed by atoms with Gasteiger partial charge in [0, 0.05) is 5.69 Å². The zero-order valence-corrected chi connectivity index (χ0v) is 8.13. The predicted molar refractivity (Wildman–Crippen MR) is 54.1 cm³/mol. The molecule has 0 bridgehead atoms. The summed E-state index contributed by atoms with van der Waals surface area (Å²) in [6.45, 7) is 1.87. The fraction of sp³-hybridized carbons (Fsp3) is 0.222. The average Bonchev–Trinajstić information content (AvgIpc) is 2.20. The van der Waals surface area contributed by atoms with Gasteiger partial charge in [-0.05, 0) is 30.7 Å². The molecule has 5 heteroatoms. The van der Waals surface area contributed by atoms with E-state index in [1.54, 1.807) is 19.2 Å². The van der Waals surface area contributed by atoms with Crippen LogP contribution in [0.4, 0.5) is 10.5 Å². The maximum Gasteiger partial charge on any atom is 0.333 e. The van der Waals surface area contributed by atoms with Crippen LogP contribution in [-0.4, -0.2) is 13.1 Å². The summed E-state index contributed by atoms with van der Waals surface area (Å²) in [5.41, 5.74) is 3.60. The molecule has 1 rings (SSSR count). The van der Waals surface area contributed by atoms with Crippen LogP contribution in [0.25, 0.3) is 0 Å². The fourth-order valence-corrected chi connectivity index (χ4v) is 1.06. The van der Waals surface area contributed by atoms with E-state index in [4.69, 9.17) is 10.6 Å². The molecule has 4 N–H and O–H groups in total. The van der Waals surface area contributed by atoms with Crippen molar-refractivity contribution in [3.05, 3.63) is 23.8 Å². The first kappa shape index (κ1) is 10.3. The first-order valence-corrected chi connectivity index (χ1v) is 4.09. The van der Waals surface area contributed by atoms with Gasteiger partial charge in [0.05, 0.1) is 7.11 Å². The standard InChI is InChI=1S/C9H13N3O2/c1-6-5-7(14-2)3-4-8(6)11-9(13)12-10/h3-5H,10H2,1-2H3,(H2,11,12,13). The fourth-order valence-electron chi connectivity index (χ4n) is 1.06. The summed E-state index contributed by atoms with van der Waals surface area (Å²) >= 11 is 0. The molecule has 0 saturated carbocycles. The number of methoxy groups -OCH3 is 1. The highest BCUT2D eigenvalue weighted by Crippen LogP contribution is 2.20. The van der Waals surface area contributed by atoms with Gasteiger partial charge in [0.1, 0.15) is 5.75 Å². The van der Waals surface area contributed by atoms with Crippen LogP contribution in [0.5, 0.6) is 5.75 Å². The number of rotatable bonds is 2. The molecule has 5 nitrogen and oxygen atoms in total. The van der Waals surface area contributed by atoms with Gasteiger partial charge < -0.3 is 10.1 Å². The molecule has 0 spiro atoms. The molecule has 0 aliphatic rings. The quantitative estimate of drug-likeness (QED) is 0.374. The van der Waals surface area contributed by atoms with E-state index in [-0.39, 0.29) is 0 Å². The van der Waals surface area contributed by atoms with E-state index in [0.29, 0.717) is 5.69 Å². The Hall–Kier alpha value is -1.75. The molecule has 0 aromatic heterocycles. The normalized spacial score (nSPS) is 9.36. The summed E-state index contributed by atoms with van der Waals surface area (Å²) in [7, 11) is 1.59. The summed E-state index contributed by atoms with van der Waals surface area (Å²) in [4.78, 5) is 10.9. The maximum absolute atomic E-state index is 10.9. The van der Waals surface area contributed by atoms with Gasteiger partial charge >= 0.3 is 6.03 Å². The van der Waals surface area contributed by atoms with Gasteiger partial charge in [0.15, 0.2) is 0 Å². The van der Waals surface area contributed by atoms with Crippen LogP contribution in [0.15, 0.2) is 18.2 Å². The van der Waals surface area contributed by atoms with E-state index in [9.17, 15) is 4.79 Å². The highest BCUT2D eigenvalue weighted by atomic mass is 16.5. The van der Waals surface area contributed by atoms with E-state index in [1.165, 1.54) is 0 Å². The van der Waals surface area contributed by atoms with Crippen LogP contribution >= 0.6 is 0 Å². The molecular formula is C9H13N3O2. The van der Waals surface area contributed by atoms with Crippen LogP contribution in [-0.2, 0) is 0 Å². The molecule has 0 saturated heterocycles. The minimum Gasteiger partial charge on any atom is -0.497 e. The summed E-state index contributed by atoms with van der Waals surface area (Å²) in [6, 6.07) is 4.90. The Kier molecular flexibility index (Phi) is 3.30. The molecular weight excluding hydrogens is 182 g/mol. The number of amides is 2. The Morgan fingerprint density at radius 2 is 2.21 bits per heavy atom. The third kappa shape index (κ3) is 2.37. The second kappa shape index (κ2) is 4.48. The highest BCUT2D eigenvalue weighted by Gasteiger charge is 2.03. The Labute approximate surface area is 82.2 Å². The Morgan fingerprint density at radius 3 is 2.71 bits per heavy atom. The van der Waals surface area contributed by atoms with Crippen molar-refractivity contribution >= 4 is 11.7 Å². The number of carbonyl (C=O) groups excluding carboxylic acids is 1. The number of hydrogen-bond acceptors (Lipinski definition) is 3. The lowest BCUT2D eigenvalue weighted by Gasteiger charge is -2.08. The maximum atomic E-state index is 10.9. The van der Waals surface area contributed by atoms with E-state index >= 15 is 0 Å². The summed E-state index contributed by atoms with van der Waals surface area (Å²) < 4.78 is 5.03. The van der Waals surface area contributed by atoms with Crippen LogP contribution in [0.3, 0.4) is 0 Å². The molecule has 76 valence electrons. The molecule has 0 fully saturated rings. The SMILES string of the molecule is COc1ccc(NC(=O)NN)c(C)c1. The van der Waals surface area contributed by atoms with Gasteiger partial charge in [0.2, 0.25) is 0 Å². The number of urea groups is 1. The molecule has 0 atom stereocenters. The van der Waals surface area contributed by atoms with Crippen molar-refractivity contribution in [3.63, 3.8) is 0 Å². The number of nitrogens with two attached hydrogens (primary N) is 1. The van der Waals surface area contributed by atoms with Gasteiger partial charge in [0.25, 0.3) is 0 Å². The third-order valence-corrected chi connectivity index (χ3v) is 1.81. The number of nitrogens with one attached hydrogen (secondary N) is 2. The van der Waals surface area contributed by atoms with Crippen LogP contribution in [0.2, 0.25) is 0 Å². The number of aryl methyl sites for hydroxylation is 1. The molecule has 0 radical (unpaired) electrons. The second-order valence-corrected chi connectivity index (χ2v) is 2.78. The van der Waals surface area contributed by atoms with Gasteiger partial charge in [-0.25, -0.2) is 10.6 Å². The van der Waals surface area contributed by atoms with E-state index < -0.39 is 6.03 Å².